The van der Waals surface area contributed by atoms with Crippen LogP contribution in [0.3, 0.4) is 0 Å². The first-order valence-corrected chi connectivity index (χ1v) is 6.53. The van der Waals surface area contributed by atoms with Crippen LogP contribution in [0, 0.1) is 11.8 Å². The number of hydrogen-bond acceptors (Lipinski definition) is 2. The molecule has 3 heteroatoms. The average Bonchev–Trinajstić information content (AvgIpc) is 3.08. The van der Waals surface area contributed by atoms with Crippen LogP contribution in [0.1, 0.15) is 18.9 Å². The average molecular weight is 263 g/mol. The third kappa shape index (κ3) is 2.70. The highest BCUT2D eigenvalue weighted by Crippen LogP contribution is 2.43. The summed E-state index contributed by atoms with van der Waals surface area (Å²) >= 11 is 6.15. The number of hydrogen-bond donors (Lipinski definition) is 2. The first-order valence-electron chi connectivity index (χ1n) is 6.15. The summed E-state index contributed by atoms with van der Waals surface area (Å²) < 4.78 is 0. The highest BCUT2D eigenvalue weighted by molar-refractivity contribution is 6.32. The first-order chi connectivity index (χ1) is 8.52. The van der Waals surface area contributed by atoms with Crippen molar-refractivity contribution in [1.29, 1.82) is 0 Å². The number of halogens is 1. The molecule has 18 heavy (non-hydrogen) atoms. The van der Waals surface area contributed by atoms with E-state index in [-0.39, 0.29) is 0 Å². The maximum Gasteiger partial charge on any atom is 0.0500 e. The van der Waals surface area contributed by atoms with E-state index in [0.717, 1.165) is 28.6 Å². The molecule has 96 valence electrons. The van der Waals surface area contributed by atoms with E-state index in [1.54, 1.807) is 0 Å². The number of allylic oxidation sites excluding steroid dienone is 1. The van der Waals surface area contributed by atoms with Gasteiger partial charge in [-0.05, 0) is 30.5 Å². The Morgan fingerprint density at radius 2 is 2.06 bits per heavy atom. The molecule has 1 fully saturated rings. The van der Waals surface area contributed by atoms with Gasteiger partial charge < -0.3 is 10.6 Å². The number of anilines is 1. The normalized spacial score (nSPS) is 21.3. The Morgan fingerprint density at radius 1 is 1.39 bits per heavy atom. The van der Waals surface area contributed by atoms with Crippen LogP contribution < -0.4 is 10.6 Å². The van der Waals surface area contributed by atoms with Crippen molar-refractivity contribution in [3.8, 4) is 0 Å². The molecule has 0 radical (unpaired) electrons. The molecule has 2 nitrogen and oxygen atoms in total. The molecule has 1 aliphatic carbocycles. The highest BCUT2D eigenvalue weighted by atomic mass is 35.5. The first kappa shape index (κ1) is 13.0. The fourth-order valence-electron chi connectivity index (χ4n) is 2.05. The summed E-state index contributed by atoms with van der Waals surface area (Å²) in [6, 6.07) is 5.84. The van der Waals surface area contributed by atoms with Gasteiger partial charge in [-0.3, -0.25) is 0 Å². The summed E-state index contributed by atoms with van der Waals surface area (Å²) in [7, 11) is 1.84. The molecule has 2 N–H and O–H groups in total. The molecule has 0 bridgehead atoms. The second-order valence-electron chi connectivity index (χ2n) is 4.89. The van der Waals surface area contributed by atoms with Crippen molar-refractivity contribution in [3.63, 3.8) is 0 Å². The van der Waals surface area contributed by atoms with E-state index in [2.05, 4.69) is 30.7 Å². The molecule has 0 saturated heterocycles. The Balaban J connectivity index is 2.14. The van der Waals surface area contributed by atoms with Gasteiger partial charge in [0.15, 0.2) is 0 Å². The topological polar surface area (TPSA) is 24.1 Å². The molecular weight excluding hydrogens is 244 g/mol. The molecular formula is C15H19ClN2. The molecule has 0 spiro atoms. The molecule has 1 aromatic rings. The lowest BCUT2D eigenvalue weighted by Crippen LogP contribution is -2.05. The van der Waals surface area contributed by atoms with E-state index in [1.807, 2.05) is 25.2 Å². The highest BCUT2D eigenvalue weighted by Gasteiger charge is 2.34. The van der Waals surface area contributed by atoms with E-state index < -0.39 is 0 Å². The standard InChI is InChI=1S/C15H19ClN2/c1-9-7-13(9)11(3)18-12-5-6-15(16)14(8-12)10(2)17-4/h5-6,8-9,13,17-18H,2-3,7H2,1,4H3. The van der Waals surface area contributed by atoms with E-state index in [9.17, 15) is 0 Å². The summed E-state index contributed by atoms with van der Waals surface area (Å²) in [4.78, 5) is 0. The quantitative estimate of drug-likeness (QED) is 0.834. The summed E-state index contributed by atoms with van der Waals surface area (Å²) in [6.45, 7) is 10.3. The predicted octanol–water partition coefficient (Wildman–Crippen LogP) is 4.11. The molecule has 0 heterocycles. The van der Waals surface area contributed by atoms with Gasteiger partial charge in [0.1, 0.15) is 0 Å². The third-order valence-corrected chi connectivity index (χ3v) is 3.78. The van der Waals surface area contributed by atoms with Gasteiger partial charge >= 0.3 is 0 Å². The van der Waals surface area contributed by atoms with Crippen molar-refractivity contribution >= 4 is 23.0 Å². The van der Waals surface area contributed by atoms with Crippen LogP contribution in [-0.2, 0) is 0 Å². The van der Waals surface area contributed by atoms with Crippen LogP contribution in [0.4, 0.5) is 5.69 Å². The van der Waals surface area contributed by atoms with Crippen LogP contribution in [0.5, 0.6) is 0 Å². The summed E-state index contributed by atoms with van der Waals surface area (Å²) in [6.07, 6.45) is 1.23. The minimum Gasteiger partial charge on any atom is -0.388 e. The van der Waals surface area contributed by atoms with Gasteiger partial charge in [-0.2, -0.15) is 0 Å². The minimum atomic E-state index is 0.608. The van der Waals surface area contributed by atoms with Gasteiger partial charge in [0.05, 0.1) is 0 Å². The number of nitrogens with one attached hydrogen (secondary N) is 2. The molecule has 2 atom stereocenters. The molecule has 1 aromatic carbocycles. The van der Waals surface area contributed by atoms with Crippen molar-refractivity contribution in [2.75, 3.05) is 12.4 Å². The van der Waals surface area contributed by atoms with Crippen LogP contribution in [0.2, 0.25) is 5.02 Å². The van der Waals surface area contributed by atoms with Crippen LogP contribution in [0.15, 0.2) is 37.1 Å². The smallest absolute Gasteiger partial charge is 0.0500 e. The zero-order valence-electron chi connectivity index (χ0n) is 10.9. The van der Waals surface area contributed by atoms with Gasteiger partial charge in [-0.15, -0.1) is 0 Å². The molecule has 2 rings (SSSR count). The van der Waals surface area contributed by atoms with Crippen LogP contribution >= 0.6 is 11.6 Å². The molecule has 0 aliphatic heterocycles. The summed E-state index contributed by atoms with van der Waals surface area (Å²) in [5, 5.41) is 7.07. The van der Waals surface area contributed by atoms with E-state index in [1.165, 1.54) is 6.42 Å². The maximum atomic E-state index is 6.15. The lowest BCUT2D eigenvalue weighted by atomic mass is 10.1. The fourth-order valence-corrected chi connectivity index (χ4v) is 2.29. The monoisotopic (exact) mass is 262 g/mol. The van der Waals surface area contributed by atoms with Gasteiger partial charge in [0.2, 0.25) is 0 Å². The maximum absolute atomic E-state index is 6.15. The zero-order valence-corrected chi connectivity index (χ0v) is 11.6. The Kier molecular flexibility index (Phi) is 3.67. The number of rotatable bonds is 5. The van der Waals surface area contributed by atoms with E-state index in [4.69, 9.17) is 11.6 Å². The second kappa shape index (κ2) is 5.07. The fraction of sp³-hybridized carbons (Fsp3) is 0.333. The van der Waals surface area contributed by atoms with E-state index in [0.29, 0.717) is 10.9 Å². The Bertz CT molecular complexity index is 493. The molecule has 1 aliphatic rings. The molecule has 0 amide bonds. The largest absolute Gasteiger partial charge is 0.388 e. The van der Waals surface area contributed by atoms with Crippen molar-refractivity contribution in [3.05, 3.63) is 47.6 Å². The van der Waals surface area contributed by atoms with Gasteiger partial charge in [0, 0.05) is 40.6 Å². The third-order valence-electron chi connectivity index (χ3n) is 3.46. The Hall–Kier alpha value is -1.41. The Labute approximate surface area is 114 Å². The Morgan fingerprint density at radius 3 is 2.61 bits per heavy atom. The van der Waals surface area contributed by atoms with Crippen LogP contribution in [0.25, 0.3) is 5.70 Å². The zero-order chi connectivity index (χ0) is 13.3. The molecule has 0 aromatic heterocycles. The van der Waals surface area contributed by atoms with Crippen LogP contribution in [-0.4, -0.2) is 7.05 Å². The van der Waals surface area contributed by atoms with Gasteiger partial charge in [0.25, 0.3) is 0 Å². The second-order valence-corrected chi connectivity index (χ2v) is 5.30. The minimum absolute atomic E-state index is 0.608. The number of benzene rings is 1. The van der Waals surface area contributed by atoms with Crippen molar-refractivity contribution in [1.82, 2.24) is 5.32 Å². The predicted molar refractivity (Wildman–Crippen MR) is 79.6 cm³/mol. The van der Waals surface area contributed by atoms with Crippen molar-refractivity contribution in [2.45, 2.75) is 13.3 Å². The lowest BCUT2D eigenvalue weighted by molar-refractivity contribution is 0.863. The summed E-state index contributed by atoms with van der Waals surface area (Å²) in [5.41, 5.74) is 3.83. The molecule has 2 unspecified atom stereocenters. The van der Waals surface area contributed by atoms with Gasteiger partial charge in [-0.1, -0.05) is 31.7 Å². The SMILES string of the molecule is C=C(NC)c1cc(NC(=C)C2CC2C)ccc1Cl. The van der Waals surface area contributed by atoms with E-state index >= 15 is 0 Å². The van der Waals surface area contributed by atoms with Gasteiger partial charge in [-0.25, -0.2) is 0 Å². The molecule has 1 saturated carbocycles. The van der Waals surface area contributed by atoms with Crippen molar-refractivity contribution in [2.24, 2.45) is 11.8 Å². The van der Waals surface area contributed by atoms with Crippen molar-refractivity contribution < 1.29 is 0 Å². The lowest BCUT2D eigenvalue weighted by Gasteiger charge is -2.13. The summed E-state index contributed by atoms with van der Waals surface area (Å²) in [5.74, 6) is 1.36.